The molecule has 0 aromatic carbocycles. The summed E-state index contributed by atoms with van der Waals surface area (Å²) < 4.78 is 5.79. The van der Waals surface area contributed by atoms with Gasteiger partial charge in [0.1, 0.15) is 0 Å². The van der Waals surface area contributed by atoms with Gasteiger partial charge in [0.15, 0.2) is 0 Å². The summed E-state index contributed by atoms with van der Waals surface area (Å²) in [5, 5.41) is 0. The fourth-order valence-electron chi connectivity index (χ4n) is 1.77. The van der Waals surface area contributed by atoms with Gasteiger partial charge in [-0.25, -0.2) is 0 Å². The van der Waals surface area contributed by atoms with E-state index in [1.54, 1.807) is 8.35 Å². The molecule has 15 heavy (non-hydrogen) atoms. The second-order valence-electron chi connectivity index (χ2n) is 5.09. The molecule has 0 radical (unpaired) electrons. The van der Waals surface area contributed by atoms with Crippen molar-refractivity contribution in [2.45, 2.75) is 32.8 Å². The van der Waals surface area contributed by atoms with Crippen LogP contribution in [0.4, 0.5) is 0 Å². The van der Waals surface area contributed by atoms with Crippen LogP contribution >= 0.6 is 0 Å². The maximum absolute atomic E-state index is 2.60. The fraction of sp³-hybridized carbons (Fsp3) is 1.00. The van der Waals surface area contributed by atoms with E-state index in [1.807, 2.05) is 0 Å². The van der Waals surface area contributed by atoms with Crippen molar-refractivity contribution < 1.29 is 0 Å². The first-order valence-electron chi connectivity index (χ1n) is 6.39. The average Bonchev–Trinajstić information content (AvgIpc) is 2.17. The van der Waals surface area contributed by atoms with Crippen molar-refractivity contribution >= 4 is 21.4 Å². The summed E-state index contributed by atoms with van der Waals surface area (Å²) in [6.07, 6.45) is 2.89. The summed E-state index contributed by atoms with van der Waals surface area (Å²) in [4.78, 5) is 4.74. The molecule has 0 aliphatic carbocycles. The second-order valence-corrected chi connectivity index (χ2v) is 14.7. The molecule has 0 spiro atoms. The van der Waals surface area contributed by atoms with Gasteiger partial charge in [-0.15, -0.1) is 0 Å². The van der Waals surface area contributed by atoms with Gasteiger partial charge in [-0.2, -0.15) is 0 Å². The van der Waals surface area contributed by atoms with Crippen LogP contribution in [0.1, 0.15) is 19.8 Å². The van der Waals surface area contributed by atoms with E-state index in [4.69, 9.17) is 0 Å². The minimum absolute atomic E-state index is 1.04. The summed E-state index contributed by atoms with van der Waals surface area (Å²) >= 11 is -1.04. The topological polar surface area (TPSA) is 6.48 Å². The molecule has 0 aliphatic heterocycles. The first-order valence-corrected chi connectivity index (χ1v) is 14.3. The zero-order chi connectivity index (χ0) is 11.7. The van der Waals surface area contributed by atoms with Crippen LogP contribution < -0.4 is 0 Å². The van der Waals surface area contributed by atoms with E-state index in [0.29, 0.717) is 0 Å². The van der Waals surface area contributed by atoms with Gasteiger partial charge in [0.2, 0.25) is 0 Å². The Morgan fingerprint density at radius 2 is 1.47 bits per heavy atom. The van der Waals surface area contributed by atoms with E-state index in [0.717, 1.165) is 0 Å². The van der Waals surface area contributed by atoms with E-state index < -0.39 is 21.4 Å². The Balaban J connectivity index is 3.29. The standard InChI is InChI=1S/C6H14N.C5H12N.CH3.In/c1-4-6-7(3)5-2;1-4-5-6(2)3;;/h1,4-6H2,2-3H3;1,4-5H2,2-3H3;1H3;. The summed E-state index contributed by atoms with van der Waals surface area (Å²) in [6.45, 7) is 6.04. The SMILES string of the molecule is CCN(C)CC[CH2][In]([CH3])[CH2]CCN(C)C. The van der Waals surface area contributed by atoms with Crippen LogP contribution in [-0.4, -0.2) is 72.0 Å². The molecule has 0 rings (SSSR count). The van der Waals surface area contributed by atoms with E-state index in [2.05, 4.69) is 42.5 Å². The van der Waals surface area contributed by atoms with Gasteiger partial charge >= 0.3 is 105 Å². The number of hydrogen-bond acceptors (Lipinski definition) is 2. The molecule has 0 heterocycles. The number of rotatable bonds is 9. The van der Waals surface area contributed by atoms with Crippen LogP contribution in [0.3, 0.4) is 0 Å². The van der Waals surface area contributed by atoms with E-state index >= 15 is 0 Å². The number of hydrogen-bond donors (Lipinski definition) is 0. The van der Waals surface area contributed by atoms with Gasteiger partial charge in [-0.05, 0) is 0 Å². The molecule has 3 heteroatoms. The summed E-state index contributed by atoms with van der Waals surface area (Å²) in [5.74, 6) is 0. The third-order valence-corrected chi connectivity index (χ3v) is 11.0. The molecule has 2 nitrogen and oxygen atoms in total. The molecular formula is C12H29InN2. The van der Waals surface area contributed by atoms with E-state index in [1.165, 1.54) is 32.5 Å². The molecule has 0 aromatic rings. The van der Waals surface area contributed by atoms with Crippen LogP contribution in [0, 0.1) is 0 Å². The van der Waals surface area contributed by atoms with Crippen molar-refractivity contribution in [1.82, 2.24) is 9.80 Å². The maximum atomic E-state index is 2.60. The van der Waals surface area contributed by atoms with Crippen molar-refractivity contribution in [3.8, 4) is 0 Å². The van der Waals surface area contributed by atoms with Crippen LogP contribution in [-0.2, 0) is 0 Å². The zero-order valence-electron chi connectivity index (χ0n) is 11.4. The van der Waals surface area contributed by atoms with Gasteiger partial charge in [0, 0.05) is 0 Å². The van der Waals surface area contributed by atoms with Gasteiger partial charge < -0.3 is 0 Å². The molecule has 0 bridgehead atoms. The molecule has 0 amide bonds. The predicted molar refractivity (Wildman–Crippen MR) is 72.2 cm³/mol. The van der Waals surface area contributed by atoms with E-state index in [9.17, 15) is 0 Å². The molecule has 0 aliphatic rings. The zero-order valence-corrected chi connectivity index (χ0v) is 14.7. The van der Waals surface area contributed by atoms with E-state index in [-0.39, 0.29) is 0 Å². The molecule has 90 valence electrons. The second kappa shape index (κ2) is 9.98. The molecule has 0 unspecified atom stereocenters. The Morgan fingerprint density at radius 3 is 1.93 bits per heavy atom. The monoisotopic (exact) mass is 316 g/mol. The average molecular weight is 316 g/mol. The first kappa shape index (κ1) is 15.8. The summed E-state index contributed by atoms with van der Waals surface area (Å²) in [5.41, 5.74) is 0. The minimum atomic E-state index is -1.04. The van der Waals surface area contributed by atoms with Crippen LogP contribution in [0.2, 0.25) is 13.0 Å². The summed E-state index contributed by atoms with van der Waals surface area (Å²) in [7, 11) is 6.58. The quantitative estimate of drug-likeness (QED) is 0.644. The Kier molecular flexibility index (Phi) is 10.5. The molecule has 0 saturated carbocycles. The molecule has 0 atom stereocenters. The Hall–Kier alpha value is 0.790. The van der Waals surface area contributed by atoms with Gasteiger partial charge in [-0.3, -0.25) is 0 Å². The Labute approximate surface area is 105 Å². The molecular weight excluding hydrogens is 287 g/mol. The van der Waals surface area contributed by atoms with Gasteiger partial charge in [0.25, 0.3) is 0 Å². The van der Waals surface area contributed by atoms with Crippen molar-refractivity contribution in [3.63, 3.8) is 0 Å². The number of nitrogens with zero attached hydrogens (tertiary/aromatic N) is 2. The van der Waals surface area contributed by atoms with Crippen LogP contribution in [0.25, 0.3) is 0 Å². The van der Waals surface area contributed by atoms with Gasteiger partial charge in [-0.1, -0.05) is 0 Å². The van der Waals surface area contributed by atoms with Crippen molar-refractivity contribution in [1.29, 1.82) is 0 Å². The third-order valence-electron chi connectivity index (χ3n) is 3.08. The van der Waals surface area contributed by atoms with Gasteiger partial charge in [0.05, 0.1) is 0 Å². The molecule has 0 saturated heterocycles. The summed E-state index contributed by atoms with van der Waals surface area (Å²) in [6, 6.07) is 0. The third kappa shape index (κ3) is 11.1. The molecule has 0 fully saturated rings. The van der Waals surface area contributed by atoms with Crippen LogP contribution in [0.5, 0.6) is 0 Å². The van der Waals surface area contributed by atoms with Crippen molar-refractivity contribution in [3.05, 3.63) is 0 Å². The van der Waals surface area contributed by atoms with Crippen LogP contribution in [0.15, 0.2) is 0 Å². The molecule has 0 N–H and O–H groups in total. The Bertz CT molecular complexity index is 140. The first-order chi connectivity index (χ1) is 7.06. The molecule has 0 aromatic heterocycles. The Morgan fingerprint density at radius 1 is 0.933 bits per heavy atom. The van der Waals surface area contributed by atoms with Crippen molar-refractivity contribution in [2.75, 3.05) is 40.8 Å². The fourth-order valence-corrected chi connectivity index (χ4v) is 7.61. The predicted octanol–water partition coefficient (Wildman–Crippen LogP) is 2.40. The van der Waals surface area contributed by atoms with Crippen molar-refractivity contribution in [2.24, 2.45) is 0 Å². The normalized spacial score (nSPS) is 11.4.